The molecule has 5 nitrogen and oxygen atoms in total. The highest BCUT2D eigenvalue weighted by molar-refractivity contribution is 7.14. The fraction of sp³-hybridized carbons (Fsp3) is 0.385. The van der Waals surface area contributed by atoms with Crippen LogP contribution in [0.15, 0.2) is 47.8 Å². The van der Waals surface area contributed by atoms with Crippen LogP contribution < -0.4 is 15.4 Å². The molecule has 0 saturated carbocycles. The van der Waals surface area contributed by atoms with Gasteiger partial charge in [-0.1, -0.05) is 52.7 Å². The number of hydrogen-bond acceptors (Lipinski definition) is 5. The molecular formula is C26H30F3N3O2S. The summed E-state index contributed by atoms with van der Waals surface area (Å²) in [6.07, 6.45) is -2.02. The second-order valence-corrected chi connectivity index (χ2v) is 10.1. The summed E-state index contributed by atoms with van der Waals surface area (Å²) in [6, 6.07) is 11.4. The summed E-state index contributed by atoms with van der Waals surface area (Å²) in [5, 5.41) is 7.51. The van der Waals surface area contributed by atoms with Crippen molar-refractivity contribution in [2.75, 3.05) is 17.2 Å². The van der Waals surface area contributed by atoms with Gasteiger partial charge in [0.15, 0.2) is 5.13 Å². The van der Waals surface area contributed by atoms with E-state index in [1.807, 2.05) is 31.2 Å². The standard InChI is InChI=1S/C26H30F3N3O2S/c1-5-6-7-14-34-22-13-12-19(15-20(22)26(27,28)29)31-24-32-21(16-35-24)23(33)30-18-10-8-17(9-11-18)25(2,3)4/h8-13,15-16H,5-7,14H2,1-4H3,(H,30,33)(H,31,32). The van der Waals surface area contributed by atoms with E-state index in [2.05, 4.69) is 36.4 Å². The molecule has 0 atom stereocenters. The highest BCUT2D eigenvalue weighted by Gasteiger charge is 2.34. The molecule has 3 aromatic rings. The molecule has 0 aliphatic heterocycles. The summed E-state index contributed by atoms with van der Waals surface area (Å²) >= 11 is 1.13. The molecule has 35 heavy (non-hydrogen) atoms. The van der Waals surface area contributed by atoms with Crippen molar-refractivity contribution in [2.45, 2.75) is 58.5 Å². The van der Waals surface area contributed by atoms with Crippen molar-refractivity contribution >= 4 is 33.8 Å². The van der Waals surface area contributed by atoms with Crippen molar-refractivity contribution in [2.24, 2.45) is 0 Å². The first kappa shape index (κ1) is 26.5. The first-order valence-corrected chi connectivity index (χ1v) is 12.3. The zero-order valence-corrected chi connectivity index (χ0v) is 21.1. The first-order chi connectivity index (χ1) is 16.5. The summed E-state index contributed by atoms with van der Waals surface area (Å²) in [5.74, 6) is -0.597. The number of carbonyl (C=O) groups excluding carboxylic acids is 1. The van der Waals surface area contributed by atoms with Gasteiger partial charge >= 0.3 is 6.18 Å². The van der Waals surface area contributed by atoms with E-state index in [-0.39, 0.29) is 29.2 Å². The molecule has 9 heteroatoms. The molecule has 0 aliphatic rings. The number of rotatable bonds is 9. The predicted octanol–water partition coefficient (Wildman–Crippen LogP) is 8.02. The Morgan fingerprint density at radius 3 is 2.34 bits per heavy atom. The summed E-state index contributed by atoms with van der Waals surface area (Å²) in [7, 11) is 0. The summed E-state index contributed by atoms with van der Waals surface area (Å²) in [6.45, 7) is 8.57. The Kier molecular flexibility index (Phi) is 8.43. The number of halogens is 3. The van der Waals surface area contributed by atoms with Crippen LogP contribution in [-0.2, 0) is 11.6 Å². The molecule has 1 heterocycles. The Hall–Kier alpha value is -3.07. The molecular weight excluding hydrogens is 475 g/mol. The third-order valence-corrected chi connectivity index (χ3v) is 6.05. The van der Waals surface area contributed by atoms with E-state index in [4.69, 9.17) is 4.74 Å². The van der Waals surface area contributed by atoms with Gasteiger partial charge < -0.3 is 15.4 Å². The van der Waals surface area contributed by atoms with Crippen LogP contribution in [-0.4, -0.2) is 17.5 Å². The molecule has 3 rings (SSSR count). The lowest BCUT2D eigenvalue weighted by atomic mass is 9.87. The highest BCUT2D eigenvalue weighted by atomic mass is 32.1. The molecule has 2 N–H and O–H groups in total. The van der Waals surface area contributed by atoms with Crippen LogP contribution in [0.1, 0.15) is 68.6 Å². The number of benzene rings is 2. The van der Waals surface area contributed by atoms with Crippen LogP contribution in [0.2, 0.25) is 0 Å². The van der Waals surface area contributed by atoms with Crippen molar-refractivity contribution in [3.63, 3.8) is 0 Å². The number of thiazole rings is 1. The number of ether oxygens (including phenoxy) is 1. The zero-order chi connectivity index (χ0) is 25.6. The smallest absolute Gasteiger partial charge is 0.420 e. The highest BCUT2D eigenvalue weighted by Crippen LogP contribution is 2.38. The van der Waals surface area contributed by atoms with Crippen LogP contribution in [0.3, 0.4) is 0 Å². The fourth-order valence-electron chi connectivity index (χ4n) is 3.30. The first-order valence-electron chi connectivity index (χ1n) is 11.5. The molecule has 1 amide bonds. The number of amides is 1. The Morgan fingerprint density at radius 1 is 1.03 bits per heavy atom. The summed E-state index contributed by atoms with van der Waals surface area (Å²) in [4.78, 5) is 16.8. The minimum atomic E-state index is -4.56. The normalized spacial score (nSPS) is 11.9. The maximum Gasteiger partial charge on any atom is 0.420 e. The van der Waals surface area contributed by atoms with Gasteiger partial charge in [0.2, 0.25) is 0 Å². The van der Waals surface area contributed by atoms with E-state index in [1.54, 1.807) is 5.38 Å². The molecule has 0 saturated heterocycles. The third-order valence-electron chi connectivity index (χ3n) is 5.29. The topological polar surface area (TPSA) is 63.2 Å². The number of aromatic nitrogens is 1. The molecule has 2 aromatic carbocycles. The molecule has 0 aliphatic carbocycles. The van der Waals surface area contributed by atoms with Gasteiger partial charge in [0.25, 0.3) is 5.91 Å². The van der Waals surface area contributed by atoms with Crippen LogP contribution in [0.25, 0.3) is 0 Å². The number of unbranched alkanes of at least 4 members (excludes halogenated alkanes) is 2. The van der Waals surface area contributed by atoms with E-state index < -0.39 is 17.6 Å². The van der Waals surface area contributed by atoms with Crippen molar-refractivity contribution in [1.29, 1.82) is 0 Å². The number of hydrogen-bond donors (Lipinski definition) is 2. The maximum atomic E-state index is 13.6. The number of nitrogens with one attached hydrogen (secondary N) is 2. The lowest BCUT2D eigenvalue weighted by Crippen LogP contribution is -2.14. The number of alkyl halides is 3. The molecule has 1 aromatic heterocycles. The SMILES string of the molecule is CCCCCOc1ccc(Nc2nc(C(=O)Nc3ccc(C(C)(C)C)cc3)cs2)cc1C(F)(F)F. The van der Waals surface area contributed by atoms with E-state index in [0.717, 1.165) is 35.8 Å². The molecule has 0 fully saturated rings. The Bertz CT molecular complexity index is 1140. The van der Waals surface area contributed by atoms with Crippen molar-refractivity contribution < 1.29 is 22.7 Å². The molecule has 0 bridgehead atoms. The van der Waals surface area contributed by atoms with Crippen molar-refractivity contribution in [1.82, 2.24) is 4.98 Å². The van der Waals surface area contributed by atoms with E-state index in [9.17, 15) is 18.0 Å². The molecule has 0 spiro atoms. The minimum Gasteiger partial charge on any atom is -0.493 e. The van der Waals surface area contributed by atoms with Gasteiger partial charge in [-0.2, -0.15) is 13.2 Å². The Morgan fingerprint density at radius 2 is 1.71 bits per heavy atom. The summed E-state index contributed by atoms with van der Waals surface area (Å²) < 4.78 is 46.1. The van der Waals surface area contributed by atoms with Crippen LogP contribution in [0.5, 0.6) is 5.75 Å². The van der Waals surface area contributed by atoms with Crippen LogP contribution in [0, 0.1) is 0 Å². The largest absolute Gasteiger partial charge is 0.493 e. The zero-order valence-electron chi connectivity index (χ0n) is 20.3. The number of nitrogens with zero attached hydrogens (tertiary/aromatic N) is 1. The van der Waals surface area contributed by atoms with E-state index in [1.165, 1.54) is 12.1 Å². The third kappa shape index (κ3) is 7.45. The van der Waals surface area contributed by atoms with Gasteiger partial charge in [-0.25, -0.2) is 4.98 Å². The second kappa shape index (κ2) is 11.1. The average molecular weight is 506 g/mol. The van der Waals surface area contributed by atoms with Crippen LogP contribution >= 0.6 is 11.3 Å². The van der Waals surface area contributed by atoms with Gasteiger partial charge in [-0.3, -0.25) is 4.79 Å². The van der Waals surface area contributed by atoms with Crippen molar-refractivity contribution in [3.8, 4) is 5.75 Å². The van der Waals surface area contributed by atoms with Gasteiger partial charge in [-0.05, 0) is 47.7 Å². The quantitative estimate of drug-likeness (QED) is 0.289. The minimum absolute atomic E-state index is 0.00336. The maximum absolute atomic E-state index is 13.6. The monoisotopic (exact) mass is 505 g/mol. The number of anilines is 3. The van der Waals surface area contributed by atoms with Crippen LogP contribution in [0.4, 0.5) is 29.7 Å². The molecule has 0 radical (unpaired) electrons. The predicted molar refractivity (Wildman–Crippen MR) is 135 cm³/mol. The fourth-order valence-corrected chi connectivity index (χ4v) is 4.01. The lowest BCUT2D eigenvalue weighted by Gasteiger charge is -2.19. The number of carbonyl (C=O) groups is 1. The molecule has 188 valence electrons. The second-order valence-electron chi connectivity index (χ2n) is 9.21. The summed E-state index contributed by atoms with van der Waals surface area (Å²) in [5.41, 5.74) is 1.30. The van der Waals surface area contributed by atoms with Gasteiger partial charge in [0.1, 0.15) is 11.4 Å². The van der Waals surface area contributed by atoms with E-state index >= 15 is 0 Å². The van der Waals surface area contributed by atoms with Gasteiger partial charge in [0, 0.05) is 16.8 Å². The van der Waals surface area contributed by atoms with Gasteiger partial charge in [-0.15, -0.1) is 11.3 Å². The lowest BCUT2D eigenvalue weighted by molar-refractivity contribution is -0.138. The van der Waals surface area contributed by atoms with Crippen molar-refractivity contribution in [3.05, 3.63) is 64.7 Å². The van der Waals surface area contributed by atoms with E-state index in [0.29, 0.717) is 17.2 Å². The Balaban J connectivity index is 1.68. The Labute approximate surface area is 207 Å². The average Bonchev–Trinajstić information content (AvgIpc) is 3.25. The van der Waals surface area contributed by atoms with Gasteiger partial charge in [0.05, 0.1) is 12.2 Å². The molecule has 0 unspecified atom stereocenters.